The molecule has 0 radical (unpaired) electrons. The van der Waals surface area contributed by atoms with Gasteiger partial charge in [0.05, 0.1) is 0 Å². The average molecular weight is 488 g/mol. The summed E-state index contributed by atoms with van der Waals surface area (Å²) in [6, 6.07) is 19.0. The van der Waals surface area contributed by atoms with Gasteiger partial charge in [-0.1, -0.05) is 56.3 Å². The Balaban J connectivity index is 1.36. The number of aliphatic imine (C=N–C) groups is 1. The molecule has 1 aliphatic carbocycles. The number of nitrogens with zero attached hydrogens (tertiary/aromatic N) is 2. The third kappa shape index (κ3) is 4.82. The van der Waals surface area contributed by atoms with Crippen LogP contribution < -0.4 is 10.1 Å². The van der Waals surface area contributed by atoms with E-state index in [4.69, 9.17) is 9.73 Å². The number of carbonyl (C=O) groups is 1. The zero-order valence-corrected chi connectivity index (χ0v) is 22.4. The van der Waals surface area contributed by atoms with Crippen LogP contribution in [0.1, 0.15) is 52.2 Å². The van der Waals surface area contributed by atoms with Gasteiger partial charge in [-0.25, -0.2) is 0 Å². The van der Waals surface area contributed by atoms with Crippen LogP contribution >= 0.6 is 0 Å². The van der Waals surface area contributed by atoms with Crippen molar-refractivity contribution in [2.24, 2.45) is 28.7 Å². The molecule has 1 N–H and O–H groups in total. The molecule has 2 fully saturated rings. The zero-order valence-electron chi connectivity index (χ0n) is 22.4. The van der Waals surface area contributed by atoms with Crippen molar-refractivity contribution in [1.29, 1.82) is 0 Å². The Morgan fingerprint density at radius 3 is 2.50 bits per heavy atom. The summed E-state index contributed by atoms with van der Waals surface area (Å²) in [4.78, 5) is 21.7. The number of hydrogen-bond acceptors (Lipinski definition) is 4. The summed E-state index contributed by atoms with van der Waals surface area (Å²) in [5, 5.41) is 3.29. The first-order valence-electron chi connectivity index (χ1n) is 13.6. The second-order valence-electron chi connectivity index (χ2n) is 12.4. The average Bonchev–Trinajstić information content (AvgIpc) is 3.08. The standard InChI is InChI=1S/C31H41N3O2/c1-21(2)19-34-20-25-16-24-18-33-31(25,28(34)27(24)15-22-9-7-6-8-10-22)29(35)32-17-23-11-13-26(14-12-23)36-30(3,4)5/h6-14,18,21,24-25,27-28H,15-17,19-20H2,1-5H3,(H,32,35)/t24-,25-,27+,28-,31-/m0/s1. The molecular formula is C31H41N3O2. The van der Waals surface area contributed by atoms with Crippen molar-refractivity contribution in [2.75, 3.05) is 13.1 Å². The molecule has 6 rings (SSSR count). The van der Waals surface area contributed by atoms with Gasteiger partial charge in [-0.2, -0.15) is 0 Å². The predicted octanol–water partition coefficient (Wildman–Crippen LogP) is 5.14. The van der Waals surface area contributed by atoms with E-state index < -0.39 is 5.54 Å². The Kier molecular flexibility index (Phi) is 6.71. The summed E-state index contributed by atoms with van der Waals surface area (Å²) in [5.74, 6) is 2.62. The molecule has 5 heteroatoms. The molecule has 192 valence electrons. The van der Waals surface area contributed by atoms with Crippen molar-refractivity contribution in [2.45, 2.75) is 71.2 Å². The van der Waals surface area contributed by atoms with E-state index >= 15 is 0 Å². The molecule has 2 aromatic carbocycles. The fraction of sp³-hybridized carbons (Fsp3) is 0.548. The van der Waals surface area contributed by atoms with Crippen LogP contribution in [-0.2, 0) is 17.8 Å². The third-order valence-corrected chi connectivity index (χ3v) is 7.99. The van der Waals surface area contributed by atoms with Crippen LogP contribution in [0.5, 0.6) is 5.75 Å². The predicted molar refractivity (Wildman–Crippen MR) is 145 cm³/mol. The highest BCUT2D eigenvalue weighted by Gasteiger charge is 2.67. The Hall–Kier alpha value is -2.66. The molecular weight excluding hydrogens is 446 g/mol. The van der Waals surface area contributed by atoms with Crippen molar-refractivity contribution in [3.8, 4) is 5.75 Å². The summed E-state index contributed by atoms with van der Waals surface area (Å²) in [6.45, 7) is 13.2. The van der Waals surface area contributed by atoms with E-state index in [1.54, 1.807) is 0 Å². The van der Waals surface area contributed by atoms with Gasteiger partial charge in [0.25, 0.3) is 0 Å². The third-order valence-electron chi connectivity index (χ3n) is 7.99. The normalized spacial score (nSPS) is 29.1. The van der Waals surface area contributed by atoms with E-state index in [1.165, 1.54) is 5.56 Å². The molecule has 0 aromatic heterocycles. The lowest BCUT2D eigenvalue weighted by Crippen LogP contribution is -2.66. The lowest BCUT2D eigenvalue weighted by Gasteiger charge is -2.51. The Bertz CT molecular complexity index is 1090. The van der Waals surface area contributed by atoms with Crippen molar-refractivity contribution < 1.29 is 9.53 Å². The molecule has 1 amide bonds. The molecule has 1 saturated carbocycles. The van der Waals surface area contributed by atoms with Crippen LogP contribution in [0, 0.1) is 23.7 Å². The molecule has 3 heterocycles. The highest BCUT2D eigenvalue weighted by molar-refractivity contribution is 5.92. The number of amides is 1. The minimum absolute atomic E-state index is 0.0891. The van der Waals surface area contributed by atoms with Gasteiger partial charge >= 0.3 is 0 Å². The molecule has 4 bridgehead atoms. The van der Waals surface area contributed by atoms with E-state index in [-0.39, 0.29) is 23.5 Å². The Morgan fingerprint density at radius 1 is 1.11 bits per heavy atom. The highest BCUT2D eigenvalue weighted by atomic mass is 16.5. The molecule has 5 nitrogen and oxygen atoms in total. The second kappa shape index (κ2) is 9.66. The van der Waals surface area contributed by atoms with Gasteiger partial charge in [0.2, 0.25) is 5.91 Å². The van der Waals surface area contributed by atoms with Gasteiger partial charge in [-0.3, -0.25) is 14.7 Å². The van der Waals surface area contributed by atoms with Crippen LogP contribution in [0.3, 0.4) is 0 Å². The molecule has 0 spiro atoms. The minimum atomic E-state index is -0.682. The van der Waals surface area contributed by atoms with E-state index in [0.717, 1.165) is 37.2 Å². The number of carbonyl (C=O) groups excluding carboxylic acids is 1. The molecule has 4 aliphatic rings. The number of likely N-dealkylation sites (tertiary alicyclic amines) is 1. The maximum atomic E-state index is 14.0. The first kappa shape index (κ1) is 25.0. The quantitative estimate of drug-likeness (QED) is 0.561. The van der Waals surface area contributed by atoms with Gasteiger partial charge in [0.15, 0.2) is 5.54 Å². The topological polar surface area (TPSA) is 53.9 Å². The Labute approximate surface area is 216 Å². The van der Waals surface area contributed by atoms with Crippen LogP contribution in [0.25, 0.3) is 0 Å². The first-order chi connectivity index (χ1) is 17.2. The van der Waals surface area contributed by atoms with Crippen molar-refractivity contribution in [3.63, 3.8) is 0 Å². The summed E-state index contributed by atoms with van der Waals surface area (Å²) >= 11 is 0. The monoisotopic (exact) mass is 487 g/mol. The maximum Gasteiger partial charge on any atom is 0.250 e. The molecule has 5 atom stereocenters. The fourth-order valence-corrected chi connectivity index (χ4v) is 6.75. The summed E-state index contributed by atoms with van der Waals surface area (Å²) in [5.41, 5.74) is 1.51. The Morgan fingerprint density at radius 2 is 1.83 bits per heavy atom. The number of hydrogen-bond donors (Lipinski definition) is 1. The molecule has 0 unspecified atom stereocenters. The summed E-state index contributed by atoms with van der Waals surface area (Å²) < 4.78 is 5.94. The SMILES string of the molecule is CC(C)CN1C[C@@H]2C[C@H]3C=N[C@]2(C(=O)NCc2ccc(OC(C)(C)C)cc2)[C@@H]1[C@@H]3Cc1ccccc1. The van der Waals surface area contributed by atoms with Crippen molar-refractivity contribution in [3.05, 3.63) is 65.7 Å². The highest BCUT2D eigenvalue weighted by Crippen LogP contribution is 2.54. The molecule has 3 aliphatic heterocycles. The maximum absolute atomic E-state index is 14.0. The largest absolute Gasteiger partial charge is 0.488 e. The first-order valence-corrected chi connectivity index (χ1v) is 13.6. The lowest BCUT2D eigenvalue weighted by molar-refractivity contribution is -0.132. The number of benzene rings is 2. The molecule has 1 saturated heterocycles. The minimum Gasteiger partial charge on any atom is -0.488 e. The number of rotatable bonds is 8. The second-order valence-corrected chi connectivity index (χ2v) is 12.4. The van der Waals surface area contributed by atoms with Gasteiger partial charge in [0, 0.05) is 37.8 Å². The van der Waals surface area contributed by atoms with E-state index in [1.807, 2.05) is 45.0 Å². The van der Waals surface area contributed by atoms with Crippen LogP contribution in [0.4, 0.5) is 0 Å². The van der Waals surface area contributed by atoms with Crippen LogP contribution in [0.2, 0.25) is 0 Å². The molecule has 36 heavy (non-hydrogen) atoms. The number of ether oxygens (including phenoxy) is 1. The van der Waals surface area contributed by atoms with Crippen molar-refractivity contribution in [1.82, 2.24) is 10.2 Å². The zero-order chi connectivity index (χ0) is 25.5. The lowest BCUT2D eigenvalue weighted by atomic mass is 9.59. The van der Waals surface area contributed by atoms with Gasteiger partial charge in [-0.15, -0.1) is 0 Å². The fourth-order valence-electron chi connectivity index (χ4n) is 6.75. The molecule has 2 aromatic rings. The number of nitrogens with one attached hydrogen (secondary N) is 1. The van der Waals surface area contributed by atoms with Crippen LogP contribution in [0.15, 0.2) is 59.6 Å². The van der Waals surface area contributed by atoms with Gasteiger partial charge in [0.1, 0.15) is 11.4 Å². The summed E-state index contributed by atoms with van der Waals surface area (Å²) in [7, 11) is 0. The van der Waals surface area contributed by atoms with Gasteiger partial charge < -0.3 is 10.1 Å². The smallest absolute Gasteiger partial charge is 0.250 e. The van der Waals surface area contributed by atoms with E-state index in [2.05, 4.69) is 60.6 Å². The van der Waals surface area contributed by atoms with Crippen LogP contribution in [-0.4, -0.2) is 47.3 Å². The van der Waals surface area contributed by atoms with Crippen molar-refractivity contribution >= 4 is 12.1 Å². The van der Waals surface area contributed by atoms with Gasteiger partial charge in [-0.05, 0) is 74.6 Å². The van der Waals surface area contributed by atoms with E-state index in [0.29, 0.717) is 24.3 Å². The summed E-state index contributed by atoms with van der Waals surface area (Å²) in [6.07, 6.45) is 4.17. The van der Waals surface area contributed by atoms with E-state index in [9.17, 15) is 4.79 Å².